The highest BCUT2D eigenvalue weighted by atomic mass is 16.5. The molecule has 0 fully saturated rings. The fourth-order valence-electron chi connectivity index (χ4n) is 2.07. The zero-order valence-electron chi connectivity index (χ0n) is 12.5. The van der Waals surface area contributed by atoms with Gasteiger partial charge in [0.2, 0.25) is 0 Å². The van der Waals surface area contributed by atoms with Gasteiger partial charge in [0.15, 0.2) is 12.4 Å². The van der Waals surface area contributed by atoms with Crippen LogP contribution in [0.4, 0.5) is 0 Å². The van der Waals surface area contributed by atoms with Crippen molar-refractivity contribution in [2.75, 3.05) is 13.2 Å². The number of nitrogens with one attached hydrogen (secondary N) is 1. The summed E-state index contributed by atoms with van der Waals surface area (Å²) in [5.41, 5.74) is 1.66. The van der Waals surface area contributed by atoms with E-state index in [0.717, 1.165) is 6.42 Å². The average molecular weight is 297 g/mol. The molecule has 0 bridgehead atoms. The van der Waals surface area contributed by atoms with Gasteiger partial charge in [-0.1, -0.05) is 42.5 Å². The van der Waals surface area contributed by atoms with E-state index in [4.69, 9.17) is 4.74 Å². The lowest BCUT2D eigenvalue weighted by Crippen LogP contribution is -2.30. The number of benzene rings is 2. The number of rotatable bonds is 7. The summed E-state index contributed by atoms with van der Waals surface area (Å²) in [6.07, 6.45) is 0.774. The Morgan fingerprint density at radius 1 is 1.00 bits per heavy atom. The maximum Gasteiger partial charge on any atom is 0.257 e. The summed E-state index contributed by atoms with van der Waals surface area (Å²) >= 11 is 0. The largest absolute Gasteiger partial charge is 0.483 e. The molecule has 2 rings (SSSR count). The van der Waals surface area contributed by atoms with Crippen molar-refractivity contribution < 1.29 is 14.3 Å². The second-order valence-electron chi connectivity index (χ2n) is 4.93. The number of Topliss-reactive ketones (excluding diaryl/α,β-unsaturated/α-hetero) is 1. The molecule has 0 aliphatic rings. The lowest BCUT2D eigenvalue weighted by molar-refractivity contribution is -0.123. The molecule has 22 heavy (non-hydrogen) atoms. The highest BCUT2D eigenvalue weighted by Gasteiger charge is 2.09. The molecule has 0 atom stereocenters. The molecule has 0 aliphatic heterocycles. The Labute approximate surface area is 130 Å². The number of hydrogen-bond acceptors (Lipinski definition) is 3. The van der Waals surface area contributed by atoms with E-state index in [-0.39, 0.29) is 18.3 Å². The van der Waals surface area contributed by atoms with Gasteiger partial charge in [0.1, 0.15) is 5.75 Å². The van der Waals surface area contributed by atoms with Gasteiger partial charge in [-0.15, -0.1) is 0 Å². The number of para-hydroxylation sites is 1. The predicted molar refractivity (Wildman–Crippen MR) is 85.1 cm³/mol. The van der Waals surface area contributed by atoms with Gasteiger partial charge < -0.3 is 10.1 Å². The molecule has 4 nitrogen and oxygen atoms in total. The van der Waals surface area contributed by atoms with Gasteiger partial charge in [-0.2, -0.15) is 0 Å². The van der Waals surface area contributed by atoms with Gasteiger partial charge in [0, 0.05) is 6.54 Å². The van der Waals surface area contributed by atoms with Gasteiger partial charge in [-0.3, -0.25) is 9.59 Å². The van der Waals surface area contributed by atoms with Gasteiger partial charge in [-0.05, 0) is 31.0 Å². The summed E-state index contributed by atoms with van der Waals surface area (Å²) in [5.74, 6) is 0.155. The zero-order chi connectivity index (χ0) is 15.8. The minimum Gasteiger partial charge on any atom is -0.483 e. The van der Waals surface area contributed by atoms with Crippen molar-refractivity contribution in [3.05, 3.63) is 65.7 Å². The number of ether oxygens (including phenoxy) is 1. The second kappa shape index (κ2) is 7.98. The lowest BCUT2D eigenvalue weighted by atomic mass is 10.1. The van der Waals surface area contributed by atoms with Crippen molar-refractivity contribution in [3.63, 3.8) is 0 Å². The van der Waals surface area contributed by atoms with E-state index in [9.17, 15) is 9.59 Å². The van der Waals surface area contributed by atoms with E-state index in [1.807, 2.05) is 30.3 Å². The summed E-state index contributed by atoms with van der Waals surface area (Å²) < 4.78 is 5.43. The van der Waals surface area contributed by atoms with Crippen LogP contribution in [0.1, 0.15) is 22.8 Å². The number of hydrogen-bond donors (Lipinski definition) is 1. The maximum atomic E-state index is 11.8. The number of carbonyl (C=O) groups excluding carboxylic acids is 2. The molecule has 0 aromatic heterocycles. The monoisotopic (exact) mass is 297 g/mol. The van der Waals surface area contributed by atoms with E-state index in [0.29, 0.717) is 17.9 Å². The fraction of sp³-hybridized carbons (Fsp3) is 0.222. The third kappa shape index (κ3) is 4.74. The summed E-state index contributed by atoms with van der Waals surface area (Å²) in [6.45, 7) is 1.93. The number of ketones is 1. The maximum absolute atomic E-state index is 11.8. The quantitative estimate of drug-likeness (QED) is 0.799. The smallest absolute Gasteiger partial charge is 0.257 e. The standard InChI is InChI=1S/C18H19NO3/c1-14(20)16-9-5-6-10-17(16)22-13-18(21)19-12-11-15-7-3-2-4-8-15/h2-10H,11-13H2,1H3,(H,19,21). The van der Waals surface area contributed by atoms with Crippen LogP contribution in [-0.2, 0) is 11.2 Å². The molecule has 0 saturated heterocycles. The van der Waals surface area contributed by atoms with E-state index in [2.05, 4.69) is 5.32 Å². The molecular weight excluding hydrogens is 278 g/mol. The van der Waals surface area contributed by atoms with Crippen LogP contribution in [0.3, 0.4) is 0 Å². The van der Waals surface area contributed by atoms with Crippen molar-refractivity contribution in [1.82, 2.24) is 5.32 Å². The van der Waals surface area contributed by atoms with E-state index in [1.54, 1.807) is 24.3 Å². The Morgan fingerprint density at radius 2 is 1.68 bits per heavy atom. The lowest BCUT2D eigenvalue weighted by Gasteiger charge is -2.10. The molecule has 0 unspecified atom stereocenters. The first-order chi connectivity index (χ1) is 10.7. The predicted octanol–water partition coefficient (Wildman–Crippen LogP) is 2.63. The summed E-state index contributed by atoms with van der Waals surface area (Å²) in [5, 5.41) is 2.80. The van der Waals surface area contributed by atoms with Gasteiger partial charge in [0.05, 0.1) is 5.56 Å². The highest BCUT2D eigenvalue weighted by Crippen LogP contribution is 2.18. The number of amides is 1. The van der Waals surface area contributed by atoms with Crippen LogP contribution < -0.4 is 10.1 Å². The number of carbonyl (C=O) groups is 2. The van der Waals surface area contributed by atoms with E-state index in [1.165, 1.54) is 12.5 Å². The Balaban J connectivity index is 1.77. The summed E-state index contributed by atoms with van der Waals surface area (Å²) in [4.78, 5) is 23.2. The Hall–Kier alpha value is -2.62. The van der Waals surface area contributed by atoms with Gasteiger partial charge in [-0.25, -0.2) is 0 Å². The molecule has 2 aromatic rings. The van der Waals surface area contributed by atoms with Crippen LogP contribution in [0.5, 0.6) is 5.75 Å². The Morgan fingerprint density at radius 3 is 2.41 bits per heavy atom. The minimum absolute atomic E-state index is 0.0833. The normalized spacial score (nSPS) is 10.0. The zero-order valence-corrected chi connectivity index (χ0v) is 12.5. The van der Waals surface area contributed by atoms with Gasteiger partial charge >= 0.3 is 0 Å². The van der Waals surface area contributed by atoms with Crippen LogP contribution in [0, 0.1) is 0 Å². The second-order valence-corrected chi connectivity index (χ2v) is 4.93. The molecule has 4 heteroatoms. The third-order valence-corrected chi connectivity index (χ3v) is 3.20. The first kappa shape index (κ1) is 15.8. The van der Waals surface area contributed by atoms with Crippen molar-refractivity contribution in [1.29, 1.82) is 0 Å². The third-order valence-electron chi connectivity index (χ3n) is 3.20. The van der Waals surface area contributed by atoms with Gasteiger partial charge in [0.25, 0.3) is 5.91 Å². The molecular formula is C18H19NO3. The Kier molecular flexibility index (Phi) is 5.72. The average Bonchev–Trinajstić information content (AvgIpc) is 2.54. The molecule has 0 spiro atoms. The first-order valence-electron chi connectivity index (χ1n) is 7.20. The van der Waals surface area contributed by atoms with E-state index >= 15 is 0 Å². The van der Waals surface area contributed by atoms with Crippen LogP contribution in [0.2, 0.25) is 0 Å². The summed E-state index contributed by atoms with van der Waals surface area (Å²) in [6, 6.07) is 16.9. The van der Waals surface area contributed by atoms with Crippen molar-refractivity contribution in [3.8, 4) is 5.75 Å². The molecule has 2 aromatic carbocycles. The first-order valence-corrected chi connectivity index (χ1v) is 7.20. The van der Waals surface area contributed by atoms with Crippen molar-refractivity contribution in [2.45, 2.75) is 13.3 Å². The topological polar surface area (TPSA) is 55.4 Å². The van der Waals surface area contributed by atoms with Crippen molar-refractivity contribution in [2.24, 2.45) is 0 Å². The van der Waals surface area contributed by atoms with E-state index < -0.39 is 0 Å². The molecule has 0 radical (unpaired) electrons. The minimum atomic E-state index is -0.200. The molecule has 1 N–H and O–H groups in total. The van der Waals surface area contributed by atoms with Crippen LogP contribution in [-0.4, -0.2) is 24.8 Å². The van der Waals surface area contributed by atoms with Crippen molar-refractivity contribution >= 4 is 11.7 Å². The molecule has 1 amide bonds. The van der Waals surface area contributed by atoms with Crippen LogP contribution in [0.15, 0.2) is 54.6 Å². The molecule has 0 saturated carbocycles. The molecule has 0 heterocycles. The van der Waals surface area contributed by atoms with Crippen LogP contribution in [0.25, 0.3) is 0 Å². The molecule has 114 valence electrons. The summed E-state index contributed by atoms with van der Waals surface area (Å²) in [7, 11) is 0. The Bertz CT molecular complexity index is 638. The molecule has 0 aliphatic carbocycles. The highest BCUT2D eigenvalue weighted by molar-refractivity contribution is 5.96. The van der Waals surface area contributed by atoms with Crippen LogP contribution >= 0.6 is 0 Å². The SMILES string of the molecule is CC(=O)c1ccccc1OCC(=O)NCCc1ccccc1. The fourth-order valence-corrected chi connectivity index (χ4v) is 2.07.